The van der Waals surface area contributed by atoms with Crippen LogP contribution in [0.25, 0.3) is 0 Å². The van der Waals surface area contributed by atoms with Crippen molar-refractivity contribution >= 4 is 23.2 Å². The molecule has 96 valence electrons. The number of halogens is 2. The lowest BCUT2D eigenvalue weighted by Gasteiger charge is -2.25. The van der Waals surface area contributed by atoms with Gasteiger partial charge in [-0.25, -0.2) is 0 Å². The lowest BCUT2D eigenvalue weighted by atomic mass is 10.1. The number of hydrogen-bond acceptors (Lipinski definition) is 2. The molecule has 0 spiro atoms. The van der Waals surface area contributed by atoms with Crippen molar-refractivity contribution in [2.75, 3.05) is 0 Å². The molecule has 0 aliphatic heterocycles. The van der Waals surface area contributed by atoms with Crippen molar-refractivity contribution in [3.63, 3.8) is 0 Å². The molecule has 2 nitrogen and oxygen atoms in total. The van der Waals surface area contributed by atoms with Gasteiger partial charge in [-0.05, 0) is 44.9 Å². The van der Waals surface area contributed by atoms with E-state index in [0.29, 0.717) is 10.0 Å². The summed E-state index contributed by atoms with van der Waals surface area (Å²) in [5, 5.41) is 1.14. The fourth-order valence-corrected chi connectivity index (χ4v) is 1.67. The molecule has 0 fully saturated rings. The Kier molecular flexibility index (Phi) is 5.26. The van der Waals surface area contributed by atoms with Crippen LogP contribution in [0.2, 0.25) is 10.0 Å². The minimum absolute atomic E-state index is 0.115. The third-order valence-electron chi connectivity index (χ3n) is 2.26. The number of hydrogen-bond donors (Lipinski definition) is 1. The number of nitrogens with one attached hydrogen (secondary N) is 1. The van der Waals surface area contributed by atoms with E-state index in [1.165, 1.54) is 0 Å². The Morgan fingerprint density at radius 3 is 2.35 bits per heavy atom. The highest BCUT2D eigenvalue weighted by atomic mass is 35.5. The first-order valence-corrected chi connectivity index (χ1v) is 6.47. The van der Waals surface area contributed by atoms with Crippen molar-refractivity contribution in [2.24, 2.45) is 0 Å². The van der Waals surface area contributed by atoms with Gasteiger partial charge in [0, 0.05) is 0 Å². The van der Waals surface area contributed by atoms with Crippen LogP contribution in [0.5, 0.6) is 0 Å². The van der Waals surface area contributed by atoms with Crippen molar-refractivity contribution in [3.05, 3.63) is 33.8 Å². The second kappa shape index (κ2) is 6.05. The van der Waals surface area contributed by atoms with Gasteiger partial charge in [-0.15, -0.1) is 0 Å². The van der Waals surface area contributed by atoms with Gasteiger partial charge >= 0.3 is 0 Å². The normalized spacial score (nSPS) is 13.8. The van der Waals surface area contributed by atoms with Gasteiger partial charge in [-0.2, -0.15) is 5.48 Å². The summed E-state index contributed by atoms with van der Waals surface area (Å²) in [4.78, 5) is 5.58. The highest BCUT2D eigenvalue weighted by molar-refractivity contribution is 6.42. The smallest absolute Gasteiger partial charge is 0.0813 e. The molecule has 0 saturated carbocycles. The molecule has 1 unspecified atom stereocenters. The zero-order valence-corrected chi connectivity index (χ0v) is 12.2. The molecule has 1 aromatic rings. The van der Waals surface area contributed by atoms with Crippen LogP contribution in [0, 0.1) is 0 Å². The molecule has 1 rings (SSSR count). The predicted octanol–water partition coefficient (Wildman–Crippen LogP) is 4.76. The van der Waals surface area contributed by atoms with Crippen LogP contribution in [0.1, 0.15) is 45.7 Å². The van der Waals surface area contributed by atoms with Crippen molar-refractivity contribution < 1.29 is 4.84 Å². The Morgan fingerprint density at radius 2 is 1.88 bits per heavy atom. The Bertz CT molecular complexity index is 374. The Morgan fingerprint density at radius 1 is 1.24 bits per heavy atom. The van der Waals surface area contributed by atoms with Crippen LogP contribution in [-0.2, 0) is 4.84 Å². The number of benzene rings is 1. The molecule has 0 amide bonds. The van der Waals surface area contributed by atoms with Gasteiger partial charge in [0.15, 0.2) is 0 Å². The first-order chi connectivity index (χ1) is 7.83. The predicted molar refractivity (Wildman–Crippen MR) is 73.5 cm³/mol. The molecular weight excluding hydrogens is 257 g/mol. The van der Waals surface area contributed by atoms with E-state index in [9.17, 15) is 0 Å². The van der Waals surface area contributed by atoms with Gasteiger partial charge in [-0.3, -0.25) is 4.84 Å². The minimum atomic E-state index is -0.219. The molecular formula is C13H19Cl2NO. The average molecular weight is 276 g/mol. The monoisotopic (exact) mass is 275 g/mol. The van der Waals surface area contributed by atoms with E-state index in [-0.39, 0.29) is 11.6 Å². The minimum Gasteiger partial charge on any atom is -0.296 e. The van der Waals surface area contributed by atoms with Crippen LogP contribution in [0.3, 0.4) is 0 Å². The molecule has 0 aliphatic carbocycles. The fraction of sp³-hybridized carbons (Fsp3) is 0.538. The Labute approximate surface area is 113 Å². The quantitative estimate of drug-likeness (QED) is 0.800. The van der Waals surface area contributed by atoms with Gasteiger partial charge in [0.25, 0.3) is 0 Å². The molecule has 0 aliphatic rings. The van der Waals surface area contributed by atoms with Crippen LogP contribution in [0.15, 0.2) is 18.2 Å². The molecule has 17 heavy (non-hydrogen) atoms. The fourth-order valence-electron chi connectivity index (χ4n) is 1.36. The number of hydroxylamine groups is 1. The van der Waals surface area contributed by atoms with Gasteiger partial charge < -0.3 is 0 Å². The van der Waals surface area contributed by atoms with E-state index in [0.717, 1.165) is 12.0 Å². The van der Waals surface area contributed by atoms with E-state index < -0.39 is 0 Å². The molecule has 0 saturated heterocycles. The molecule has 1 atom stereocenters. The molecule has 1 N–H and O–H groups in total. The van der Waals surface area contributed by atoms with Crippen molar-refractivity contribution in [1.29, 1.82) is 0 Å². The van der Waals surface area contributed by atoms with Gasteiger partial charge in [0.2, 0.25) is 0 Å². The summed E-state index contributed by atoms with van der Waals surface area (Å²) in [7, 11) is 0. The SMILES string of the molecule is CCC(NOC(C)(C)C)c1ccc(Cl)c(Cl)c1. The zero-order valence-electron chi connectivity index (χ0n) is 10.7. The summed E-state index contributed by atoms with van der Waals surface area (Å²) in [6, 6.07) is 5.75. The van der Waals surface area contributed by atoms with Gasteiger partial charge in [0.1, 0.15) is 0 Å². The summed E-state index contributed by atoms with van der Waals surface area (Å²) < 4.78 is 0. The Hall–Kier alpha value is -0.280. The summed E-state index contributed by atoms with van der Waals surface area (Å²) >= 11 is 11.9. The maximum atomic E-state index is 6.00. The van der Waals surface area contributed by atoms with E-state index in [1.807, 2.05) is 32.9 Å². The first kappa shape index (κ1) is 14.8. The second-order valence-corrected chi connectivity index (χ2v) is 5.78. The van der Waals surface area contributed by atoms with E-state index in [1.54, 1.807) is 6.07 Å². The first-order valence-electron chi connectivity index (χ1n) is 5.72. The largest absolute Gasteiger partial charge is 0.296 e. The lowest BCUT2D eigenvalue weighted by Crippen LogP contribution is -2.31. The summed E-state index contributed by atoms with van der Waals surface area (Å²) in [6.45, 7) is 8.09. The van der Waals surface area contributed by atoms with Crippen LogP contribution in [0.4, 0.5) is 0 Å². The van der Waals surface area contributed by atoms with E-state index in [4.69, 9.17) is 28.0 Å². The summed E-state index contributed by atoms with van der Waals surface area (Å²) in [5.41, 5.74) is 3.93. The van der Waals surface area contributed by atoms with Gasteiger partial charge in [0.05, 0.1) is 21.7 Å². The van der Waals surface area contributed by atoms with Crippen LogP contribution < -0.4 is 5.48 Å². The Balaban J connectivity index is 2.76. The maximum absolute atomic E-state index is 6.00. The van der Waals surface area contributed by atoms with Crippen LogP contribution in [-0.4, -0.2) is 5.60 Å². The average Bonchev–Trinajstić information content (AvgIpc) is 2.22. The number of rotatable bonds is 4. The topological polar surface area (TPSA) is 21.3 Å². The summed E-state index contributed by atoms with van der Waals surface area (Å²) in [5.74, 6) is 0. The maximum Gasteiger partial charge on any atom is 0.0813 e. The van der Waals surface area contributed by atoms with E-state index in [2.05, 4.69) is 12.4 Å². The van der Waals surface area contributed by atoms with Crippen molar-refractivity contribution in [3.8, 4) is 0 Å². The highest BCUT2D eigenvalue weighted by Gasteiger charge is 2.16. The molecule has 4 heteroatoms. The molecule has 0 heterocycles. The third kappa shape index (κ3) is 4.84. The zero-order chi connectivity index (χ0) is 13.1. The lowest BCUT2D eigenvalue weighted by molar-refractivity contribution is -0.0896. The molecule has 0 radical (unpaired) electrons. The van der Waals surface area contributed by atoms with E-state index >= 15 is 0 Å². The standard InChI is InChI=1S/C13H19Cl2NO/c1-5-12(16-17-13(2,3)4)9-6-7-10(14)11(15)8-9/h6-8,12,16H,5H2,1-4H3. The molecule has 0 aromatic heterocycles. The third-order valence-corrected chi connectivity index (χ3v) is 3.00. The highest BCUT2D eigenvalue weighted by Crippen LogP contribution is 2.27. The molecule has 1 aromatic carbocycles. The summed E-state index contributed by atoms with van der Waals surface area (Å²) in [6.07, 6.45) is 0.911. The molecule has 0 bridgehead atoms. The van der Waals surface area contributed by atoms with Crippen molar-refractivity contribution in [1.82, 2.24) is 5.48 Å². The van der Waals surface area contributed by atoms with Gasteiger partial charge in [-0.1, -0.05) is 36.2 Å². The van der Waals surface area contributed by atoms with Crippen molar-refractivity contribution in [2.45, 2.75) is 45.8 Å². The van der Waals surface area contributed by atoms with Crippen LogP contribution >= 0.6 is 23.2 Å². The second-order valence-electron chi connectivity index (χ2n) is 4.97.